The highest BCUT2D eigenvalue weighted by atomic mass is 127. The first-order chi connectivity index (χ1) is 6.02. The van der Waals surface area contributed by atoms with Crippen LogP contribution in [-0.2, 0) is 11.8 Å². The predicted molar refractivity (Wildman–Crippen MR) is 56.7 cm³/mol. The average Bonchev–Trinajstić information content (AvgIpc) is 2.29. The van der Waals surface area contributed by atoms with E-state index in [2.05, 4.69) is 27.6 Å². The van der Waals surface area contributed by atoms with Crippen LogP contribution in [0.4, 0.5) is 0 Å². The molecule has 1 rings (SSSR count). The number of hydrogen-bond donors (Lipinski definition) is 2. The van der Waals surface area contributed by atoms with E-state index in [1.165, 1.54) is 0 Å². The number of halogens is 1. The summed E-state index contributed by atoms with van der Waals surface area (Å²) in [6, 6.07) is -0.364. The van der Waals surface area contributed by atoms with Crippen LogP contribution in [0.1, 0.15) is 18.2 Å². The first kappa shape index (κ1) is 10.5. The molecule has 13 heavy (non-hydrogen) atoms. The first-order valence-electron chi connectivity index (χ1n) is 3.73. The zero-order valence-electron chi connectivity index (χ0n) is 7.20. The molecule has 0 aromatic carbocycles. The minimum atomic E-state index is -0.399. The Morgan fingerprint density at radius 2 is 2.46 bits per heavy atom. The monoisotopic (exact) mass is 294 g/mol. The molecule has 1 aromatic heterocycles. The van der Waals surface area contributed by atoms with Crippen LogP contribution in [0.2, 0.25) is 0 Å². The average molecular weight is 294 g/mol. The summed E-state index contributed by atoms with van der Waals surface area (Å²) in [7, 11) is 1.84. The van der Waals surface area contributed by atoms with Crippen molar-refractivity contribution in [2.24, 2.45) is 18.5 Å². The summed E-state index contributed by atoms with van der Waals surface area (Å²) in [6.45, 7) is 0. The molecule has 0 aliphatic heterocycles. The molecular formula is C7H11IN4O. The molecule has 0 aliphatic rings. The Bertz CT molecular complexity index is 303. The van der Waals surface area contributed by atoms with E-state index in [4.69, 9.17) is 11.5 Å². The van der Waals surface area contributed by atoms with E-state index in [1.807, 2.05) is 7.05 Å². The minimum absolute atomic E-state index is 0.148. The van der Waals surface area contributed by atoms with Gasteiger partial charge in [0.2, 0.25) is 5.91 Å². The lowest BCUT2D eigenvalue weighted by Crippen LogP contribution is -2.23. The molecule has 6 heteroatoms. The van der Waals surface area contributed by atoms with Gasteiger partial charge in [-0.3, -0.25) is 4.79 Å². The number of carbonyl (C=O) groups excluding carboxylic acids is 1. The largest absolute Gasteiger partial charge is 0.370 e. The Balaban J connectivity index is 2.87. The number of rotatable bonds is 3. The molecule has 72 valence electrons. The van der Waals surface area contributed by atoms with Gasteiger partial charge in [-0.1, -0.05) is 0 Å². The van der Waals surface area contributed by atoms with E-state index < -0.39 is 5.91 Å². The molecule has 0 saturated heterocycles. The van der Waals surface area contributed by atoms with Crippen molar-refractivity contribution >= 4 is 28.5 Å². The van der Waals surface area contributed by atoms with Gasteiger partial charge >= 0.3 is 0 Å². The number of nitrogens with two attached hydrogens (primary N) is 2. The number of hydrogen-bond acceptors (Lipinski definition) is 3. The minimum Gasteiger partial charge on any atom is -0.370 e. The van der Waals surface area contributed by atoms with E-state index in [1.54, 1.807) is 10.9 Å². The maximum absolute atomic E-state index is 10.6. The zero-order chi connectivity index (χ0) is 10.0. The van der Waals surface area contributed by atoms with Gasteiger partial charge in [-0.15, -0.1) is 0 Å². The molecule has 0 spiro atoms. The predicted octanol–water partition coefficient (Wildman–Crippen LogP) is -0.100. The third-order valence-electron chi connectivity index (χ3n) is 1.71. The van der Waals surface area contributed by atoms with Crippen LogP contribution >= 0.6 is 22.6 Å². The molecule has 5 nitrogen and oxygen atoms in total. The van der Waals surface area contributed by atoms with Crippen LogP contribution in [0.25, 0.3) is 0 Å². The Hall–Kier alpha value is -0.630. The van der Waals surface area contributed by atoms with Crippen LogP contribution in [0.15, 0.2) is 6.33 Å². The van der Waals surface area contributed by atoms with Gasteiger partial charge in [-0.2, -0.15) is 0 Å². The lowest BCUT2D eigenvalue weighted by atomic mass is 10.1. The van der Waals surface area contributed by atoms with Gasteiger partial charge in [-0.05, 0) is 22.6 Å². The van der Waals surface area contributed by atoms with Gasteiger partial charge < -0.3 is 16.0 Å². The number of carbonyl (C=O) groups is 1. The second-order valence-corrected chi connectivity index (χ2v) is 3.83. The molecule has 4 N–H and O–H groups in total. The molecule has 1 unspecified atom stereocenters. The van der Waals surface area contributed by atoms with Crippen molar-refractivity contribution in [1.82, 2.24) is 9.55 Å². The van der Waals surface area contributed by atoms with Gasteiger partial charge in [0.15, 0.2) is 0 Å². The highest BCUT2D eigenvalue weighted by Gasteiger charge is 2.16. The molecule has 1 aromatic rings. The lowest BCUT2D eigenvalue weighted by Gasteiger charge is -2.10. The molecule has 0 bridgehead atoms. The van der Waals surface area contributed by atoms with Gasteiger partial charge in [0, 0.05) is 13.5 Å². The molecule has 1 heterocycles. The van der Waals surface area contributed by atoms with Crippen molar-refractivity contribution < 1.29 is 4.79 Å². The van der Waals surface area contributed by atoms with Crippen LogP contribution < -0.4 is 11.5 Å². The van der Waals surface area contributed by atoms with Crippen LogP contribution in [0.3, 0.4) is 0 Å². The zero-order valence-corrected chi connectivity index (χ0v) is 9.35. The molecule has 1 atom stereocenters. The van der Waals surface area contributed by atoms with Gasteiger partial charge in [-0.25, -0.2) is 4.98 Å². The summed E-state index contributed by atoms with van der Waals surface area (Å²) in [5.74, 6) is -0.399. The summed E-state index contributed by atoms with van der Waals surface area (Å²) < 4.78 is 2.61. The van der Waals surface area contributed by atoms with E-state index in [0.717, 1.165) is 9.39 Å². The number of aryl methyl sites for hydroxylation is 1. The molecule has 0 radical (unpaired) electrons. The SMILES string of the molecule is Cn1cnc(I)c1C(N)CC(N)=O. The van der Waals surface area contributed by atoms with E-state index in [9.17, 15) is 4.79 Å². The topological polar surface area (TPSA) is 86.9 Å². The highest BCUT2D eigenvalue weighted by Crippen LogP contribution is 2.18. The quantitative estimate of drug-likeness (QED) is 0.763. The lowest BCUT2D eigenvalue weighted by molar-refractivity contribution is -0.118. The molecular weight excluding hydrogens is 283 g/mol. The van der Waals surface area contributed by atoms with Crippen LogP contribution in [-0.4, -0.2) is 15.5 Å². The summed E-state index contributed by atoms with van der Waals surface area (Å²) in [6.07, 6.45) is 1.81. The third-order valence-corrected chi connectivity index (χ3v) is 2.54. The second-order valence-electron chi connectivity index (χ2n) is 2.81. The summed E-state index contributed by atoms with van der Waals surface area (Å²) in [5.41, 5.74) is 11.7. The summed E-state index contributed by atoms with van der Waals surface area (Å²) in [4.78, 5) is 14.7. The Labute approximate surface area is 89.6 Å². The first-order valence-corrected chi connectivity index (χ1v) is 4.81. The maximum atomic E-state index is 10.6. The van der Waals surface area contributed by atoms with Gasteiger partial charge in [0.1, 0.15) is 3.70 Å². The number of aromatic nitrogens is 2. The fourth-order valence-corrected chi connectivity index (χ4v) is 2.04. The Morgan fingerprint density at radius 3 is 2.85 bits per heavy atom. The van der Waals surface area contributed by atoms with Gasteiger partial charge in [0.25, 0.3) is 0 Å². The van der Waals surface area contributed by atoms with Crippen LogP contribution in [0.5, 0.6) is 0 Å². The van der Waals surface area contributed by atoms with Crippen molar-refractivity contribution in [1.29, 1.82) is 0 Å². The number of nitrogens with zero attached hydrogens (tertiary/aromatic N) is 2. The second kappa shape index (κ2) is 4.05. The highest BCUT2D eigenvalue weighted by molar-refractivity contribution is 14.1. The maximum Gasteiger partial charge on any atom is 0.219 e. The summed E-state index contributed by atoms with van der Waals surface area (Å²) >= 11 is 2.08. The van der Waals surface area contributed by atoms with Crippen molar-refractivity contribution in [3.8, 4) is 0 Å². The number of primary amides is 1. The van der Waals surface area contributed by atoms with Crippen molar-refractivity contribution in [2.75, 3.05) is 0 Å². The van der Waals surface area contributed by atoms with E-state index >= 15 is 0 Å². The van der Waals surface area contributed by atoms with Crippen LogP contribution in [0, 0.1) is 3.70 Å². The van der Waals surface area contributed by atoms with E-state index in [-0.39, 0.29) is 12.5 Å². The number of amides is 1. The van der Waals surface area contributed by atoms with Crippen molar-refractivity contribution in [2.45, 2.75) is 12.5 Å². The van der Waals surface area contributed by atoms with E-state index in [0.29, 0.717) is 0 Å². The molecule has 0 aliphatic carbocycles. The standard InChI is InChI=1S/C7H11IN4O/c1-12-3-11-7(8)6(12)4(9)2-5(10)13/h3-4H,2,9H2,1H3,(H2,10,13). The number of imidazole rings is 1. The Morgan fingerprint density at radius 1 is 1.85 bits per heavy atom. The van der Waals surface area contributed by atoms with Gasteiger partial charge in [0.05, 0.1) is 18.1 Å². The molecule has 0 fully saturated rings. The molecule has 1 amide bonds. The van der Waals surface area contributed by atoms with Crippen molar-refractivity contribution in [3.05, 3.63) is 15.7 Å². The third kappa shape index (κ3) is 2.41. The fourth-order valence-electron chi connectivity index (χ4n) is 1.14. The molecule has 0 saturated carbocycles. The Kier molecular flexibility index (Phi) is 3.26. The fraction of sp³-hybridized carbons (Fsp3) is 0.429. The summed E-state index contributed by atoms with van der Waals surface area (Å²) in [5, 5.41) is 0. The normalized spacial score (nSPS) is 12.8. The van der Waals surface area contributed by atoms with Crippen molar-refractivity contribution in [3.63, 3.8) is 0 Å². The smallest absolute Gasteiger partial charge is 0.219 e.